The van der Waals surface area contributed by atoms with Crippen molar-refractivity contribution in [2.24, 2.45) is 0 Å². The van der Waals surface area contributed by atoms with Gasteiger partial charge in [0, 0.05) is 11.8 Å². The van der Waals surface area contributed by atoms with Gasteiger partial charge in [-0.3, -0.25) is 19.5 Å². The van der Waals surface area contributed by atoms with Crippen molar-refractivity contribution in [3.8, 4) is 5.75 Å². The van der Waals surface area contributed by atoms with Crippen LogP contribution in [0, 0.1) is 0 Å². The molecule has 0 radical (unpaired) electrons. The second-order valence-corrected chi connectivity index (χ2v) is 7.45. The zero-order valence-corrected chi connectivity index (χ0v) is 16.8. The van der Waals surface area contributed by atoms with E-state index in [0.29, 0.717) is 30.0 Å². The molecule has 1 aromatic carbocycles. The summed E-state index contributed by atoms with van der Waals surface area (Å²) in [5.74, 6) is 0.120. The largest absolute Gasteiger partial charge is 0.497 e. The minimum atomic E-state index is -0.515. The summed E-state index contributed by atoms with van der Waals surface area (Å²) >= 11 is 0. The maximum absolute atomic E-state index is 13.3. The normalized spacial score (nSPS) is 21.4. The molecule has 2 fully saturated rings. The number of amides is 3. The highest BCUT2D eigenvalue weighted by atomic mass is 16.5. The average Bonchev–Trinajstić information content (AvgIpc) is 2.80. The van der Waals surface area contributed by atoms with Gasteiger partial charge in [0.05, 0.1) is 31.9 Å². The Bertz CT molecular complexity index is 949. The number of hydrogen-bond acceptors (Lipinski definition) is 6. The zero-order valence-electron chi connectivity index (χ0n) is 16.8. The molecule has 1 N–H and O–H groups in total. The summed E-state index contributed by atoms with van der Waals surface area (Å²) in [6.45, 7) is 0.685. The zero-order chi connectivity index (χ0) is 21.1. The topological polar surface area (TPSA) is 91.8 Å². The Hall–Kier alpha value is -3.26. The Morgan fingerprint density at radius 2 is 2.10 bits per heavy atom. The number of methoxy groups -OCH3 is 1. The molecule has 8 nitrogen and oxygen atoms in total. The van der Waals surface area contributed by atoms with Gasteiger partial charge in [-0.1, -0.05) is 18.2 Å². The number of imide groups is 1. The molecule has 0 bridgehead atoms. The average molecular weight is 408 g/mol. The van der Waals surface area contributed by atoms with Gasteiger partial charge in [0.15, 0.2) is 5.78 Å². The second kappa shape index (κ2) is 8.62. The van der Waals surface area contributed by atoms with E-state index in [4.69, 9.17) is 4.74 Å². The predicted molar refractivity (Wildman–Crippen MR) is 109 cm³/mol. The number of Topliss-reactive ketones (excluding diaryl/α,β-unsaturated/α-hetero) is 1. The quantitative estimate of drug-likeness (QED) is 0.734. The molecule has 2 aliphatic heterocycles. The number of rotatable bonds is 6. The molecule has 0 spiro atoms. The first-order valence-corrected chi connectivity index (χ1v) is 10.0. The first-order valence-electron chi connectivity index (χ1n) is 10.0. The molecule has 0 saturated carbocycles. The van der Waals surface area contributed by atoms with Crippen molar-refractivity contribution < 1.29 is 19.1 Å². The van der Waals surface area contributed by atoms with E-state index in [1.54, 1.807) is 42.6 Å². The maximum atomic E-state index is 13.3. The summed E-state index contributed by atoms with van der Waals surface area (Å²) in [6.07, 6.45) is 3.14. The van der Waals surface area contributed by atoms with E-state index in [1.807, 2.05) is 6.07 Å². The van der Waals surface area contributed by atoms with Crippen LogP contribution in [-0.4, -0.2) is 64.8 Å². The van der Waals surface area contributed by atoms with Crippen LogP contribution < -0.4 is 10.1 Å². The Kier molecular flexibility index (Phi) is 5.76. The van der Waals surface area contributed by atoms with Gasteiger partial charge in [-0.2, -0.15) is 0 Å². The fraction of sp³-hybridized carbons (Fsp3) is 0.364. The Morgan fingerprint density at radius 1 is 1.23 bits per heavy atom. The Morgan fingerprint density at radius 3 is 2.87 bits per heavy atom. The fourth-order valence-electron chi connectivity index (χ4n) is 4.04. The van der Waals surface area contributed by atoms with E-state index in [0.717, 1.165) is 6.42 Å². The molecule has 2 aromatic rings. The SMILES string of the molecule is COc1cccc(C(=O)CN2C(=O)N(Cc3ccccn3)C(=O)C3NCCCC32)c1. The van der Waals surface area contributed by atoms with Crippen LogP contribution in [0.1, 0.15) is 28.9 Å². The lowest BCUT2D eigenvalue weighted by Crippen LogP contribution is -2.69. The number of aromatic nitrogens is 1. The van der Waals surface area contributed by atoms with E-state index >= 15 is 0 Å². The van der Waals surface area contributed by atoms with Crippen molar-refractivity contribution in [2.45, 2.75) is 31.5 Å². The minimum Gasteiger partial charge on any atom is -0.497 e. The molecule has 2 aliphatic rings. The number of pyridine rings is 1. The molecule has 2 saturated heterocycles. The van der Waals surface area contributed by atoms with E-state index < -0.39 is 12.1 Å². The summed E-state index contributed by atoms with van der Waals surface area (Å²) in [4.78, 5) is 46.3. The molecule has 3 amide bonds. The summed E-state index contributed by atoms with van der Waals surface area (Å²) in [5, 5.41) is 3.23. The van der Waals surface area contributed by atoms with Crippen LogP contribution in [0.2, 0.25) is 0 Å². The van der Waals surface area contributed by atoms with Crippen LogP contribution in [0.4, 0.5) is 4.79 Å². The lowest BCUT2D eigenvalue weighted by molar-refractivity contribution is -0.137. The Labute approximate surface area is 174 Å². The van der Waals surface area contributed by atoms with E-state index in [-0.39, 0.29) is 30.8 Å². The number of carbonyl (C=O) groups is 3. The third kappa shape index (κ3) is 3.91. The highest BCUT2D eigenvalue weighted by Gasteiger charge is 2.47. The monoisotopic (exact) mass is 408 g/mol. The third-order valence-electron chi connectivity index (χ3n) is 5.59. The van der Waals surface area contributed by atoms with Crippen molar-refractivity contribution in [1.82, 2.24) is 20.1 Å². The van der Waals surface area contributed by atoms with Gasteiger partial charge in [-0.15, -0.1) is 0 Å². The molecular formula is C22H24N4O4. The van der Waals surface area contributed by atoms with Crippen LogP contribution in [0.15, 0.2) is 48.7 Å². The van der Waals surface area contributed by atoms with Gasteiger partial charge in [0.2, 0.25) is 5.91 Å². The Balaban J connectivity index is 1.60. The van der Waals surface area contributed by atoms with Gasteiger partial charge in [-0.05, 0) is 43.7 Å². The van der Waals surface area contributed by atoms with Crippen molar-refractivity contribution in [3.63, 3.8) is 0 Å². The van der Waals surface area contributed by atoms with Crippen molar-refractivity contribution in [2.75, 3.05) is 20.2 Å². The van der Waals surface area contributed by atoms with E-state index in [1.165, 1.54) is 16.9 Å². The highest BCUT2D eigenvalue weighted by molar-refractivity contribution is 6.04. The van der Waals surface area contributed by atoms with Crippen LogP contribution in [0.3, 0.4) is 0 Å². The van der Waals surface area contributed by atoms with E-state index in [2.05, 4.69) is 10.3 Å². The molecule has 30 heavy (non-hydrogen) atoms. The molecule has 156 valence electrons. The molecule has 8 heteroatoms. The molecule has 3 heterocycles. The molecule has 2 atom stereocenters. The molecule has 0 aliphatic carbocycles. The second-order valence-electron chi connectivity index (χ2n) is 7.45. The summed E-state index contributed by atoms with van der Waals surface area (Å²) in [6, 6.07) is 10.9. The predicted octanol–water partition coefficient (Wildman–Crippen LogP) is 1.86. The number of piperidine rings is 1. The number of nitrogens with one attached hydrogen (secondary N) is 1. The molecular weight excluding hydrogens is 384 g/mol. The number of urea groups is 1. The number of benzene rings is 1. The molecule has 4 rings (SSSR count). The smallest absolute Gasteiger partial charge is 0.327 e. The first kappa shape index (κ1) is 20.0. The fourth-order valence-corrected chi connectivity index (χ4v) is 4.04. The number of fused-ring (bicyclic) bond motifs is 1. The van der Waals surface area contributed by atoms with Gasteiger partial charge >= 0.3 is 6.03 Å². The van der Waals surface area contributed by atoms with Gasteiger partial charge < -0.3 is 15.0 Å². The number of nitrogens with zero attached hydrogens (tertiary/aromatic N) is 3. The number of ether oxygens (including phenoxy) is 1. The lowest BCUT2D eigenvalue weighted by Gasteiger charge is -2.46. The van der Waals surface area contributed by atoms with Gasteiger partial charge in [-0.25, -0.2) is 4.79 Å². The van der Waals surface area contributed by atoms with E-state index in [9.17, 15) is 14.4 Å². The van der Waals surface area contributed by atoms with Crippen LogP contribution in [0.25, 0.3) is 0 Å². The summed E-state index contributed by atoms with van der Waals surface area (Å²) in [7, 11) is 1.54. The third-order valence-corrected chi connectivity index (χ3v) is 5.59. The number of carbonyl (C=O) groups excluding carboxylic acids is 3. The first-order chi connectivity index (χ1) is 14.6. The summed E-state index contributed by atoms with van der Waals surface area (Å²) in [5.41, 5.74) is 1.09. The minimum absolute atomic E-state index is 0.0766. The standard InChI is InChI=1S/C22H24N4O4/c1-30-17-8-4-6-15(12-17)19(27)14-25-18-9-5-11-24-20(18)21(28)26(22(25)29)13-16-7-2-3-10-23-16/h2-4,6-8,10,12,18,20,24H,5,9,11,13-14H2,1H3. The van der Waals surface area contributed by atoms with Crippen LogP contribution in [0.5, 0.6) is 5.75 Å². The highest BCUT2D eigenvalue weighted by Crippen LogP contribution is 2.26. The number of ketones is 1. The lowest BCUT2D eigenvalue weighted by atomic mass is 9.93. The van der Waals surface area contributed by atoms with Crippen LogP contribution >= 0.6 is 0 Å². The molecule has 1 aromatic heterocycles. The number of hydrogen-bond donors (Lipinski definition) is 1. The van der Waals surface area contributed by atoms with Crippen molar-refractivity contribution >= 4 is 17.7 Å². The summed E-state index contributed by atoms with van der Waals surface area (Å²) < 4.78 is 5.20. The maximum Gasteiger partial charge on any atom is 0.327 e. The van der Waals surface area contributed by atoms with Gasteiger partial charge in [0.1, 0.15) is 11.8 Å². The van der Waals surface area contributed by atoms with Crippen LogP contribution in [-0.2, 0) is 11.3 Å². The van der Waals surface area contributed by atoms with Crippen molar-refractivity contribution in [3.05, 3.63) is 59.9 Å². The molecule has 2 unspecified atom stereocenters. The van der Waals surface area contributed by atoms with Gasteiger partial charge in [0.25, 0.3) is 0 Å². The van der Waals surface area contributed by atoms with Crippen molar-refractivity contribution in [1.29, 1.82) is 0 Å².